The standard InChI is InChI=1S/C12H24N4O2/c1-14-12(18)10-5-3-8-16(10)9-11(17)15(2)7-4-6-13/h10H,3-9,13H2,1-2H3,(H,14,18). The Balaban J connectivity index is 2.45. The minimum Gasteiger partial charge on any atom is -0.358 e. The van der Waals surface area contributed by atoms with Gasteiger partial charge in [-0.05, 0) is 32.4 Å². The first-order valence-electron chi connectivity index (χ1n) is 6.49. The summed E-state index contributed by atoms with van der Waals surface area (Å²) in [6, 6.07) is -0.151. The molecule has 18 heavy (non-hydrogen) atoms. The van der Waals surface area contributed by atoms with Crippen LogP contribution in [-0.2, 0) is 9.59 Å². The molecule has 1 rings (SSSR count). The van der Waals surface area contributed by atoms with Crippen LogP contribution in [0.5, 0.6) is 0 Å². The molecule has 1 unspecified atom stereocenters. The fraction of sp³-hybridized carbons (Fsp3) is 0.833. The zero-order valence-electron chi connectivity index (χ0n) is 11.3. The molecule has 0 spiro atoms. The Morgan fingerprint density at radius 3 is 2.83 bits per heavy atom. The van der Waals surface area contributed by atoms with E-state index in [1.807, 2.05) is 4.90 Å². The summed E-state index contributed by atoms with van der Waals surface area (Å²) in [5.41, 5.74) is 5.42. The smallest absolute Gasteiger partial charge is 0.237 e. The van der Waals surface area contributed by atoms with E-state index in [4.69, 9.17) is 5.73 Å². The molecular formula is C12H24N4O2. The Bertz CT molecular complexity index is 296. The number of likely N-dealkylation sites (N-methyl/N-ethyl adjacent to an activating group) is 2. The molecule has 0 bridgehead atoms. The zero-order chi connectivity index (χ0) is 13.5. The highest BCUT2D eigenvalue weighted by Crippen LogP contribution is 2.17. The lowest BCUT2D eigenvalue weighted by molar-refractivity contribution is -0.132. The van der Waals surface area contributed by atoms with Gasteiger partial charge in [0.2, 0.25) is 11.8 Å². The molecule has 104 valence electrons. The van der Waals surface area contributed by atoms with Crippen molar-refractivity contribution >= 4 is 11.8 Å². The summed E-state index contributed by atoms with van der Waals surface area (Å²) in [6.45, 7) is 2.39. The van der Waals surface area contributed by atoms with E-state index in [2.05, 4.69) is 5.32 Å². The summed E-state index contributed by atoms with van der Waals surface area (Å²) in [4.78, 5) is 27.3. The van der Waals surface area contributed by atoms with Gasteiger partial charge in [-0.2, -0.15) is 0 Å². The van der Waals surface area contributed by atoms with E-state index >= 15 is 0 Å². The molecule has 0 aliphatic carbocycles. The molecule has 1 fully saturated rings. The van der Waals surface area contributed by atoms with Gasteiger partial charge in [-0.1, -0.05) is 0 Å². The summed E-state index contributed by atoms with van der Waals surface area (Å²) in [7, 11) is 3.41. The van der Waals surface area contributed by atoms with Crippen LogP contribution in [0.4, 0.5) is 0 Å². The van der Waals surface area contributed by atoms with Gasteiger partial charge < -0.3 is 16.0 Å². The van der Waals surface area contributed by atoms with E-state index in [1.165, 1.54) is 0 Å². The van der Waals surface area contributed by atoms with Crippen LogP contribution in [0.3, 0.4) is 0 Å². The van der Waals surface area contributed by atoms with Gasteiger partial charge >= 0.3 is 0 Å². The summed E-state index contributed by atoms with van der Waals surface area (Å²) in [5.74, 6) is 0.0594. The predicted octanol–water partition coefficient (Wildman–Crippen LogP) is -0.996. The molecule has 0 aromatic rings. The normalized spacial score (nSPS) is 19.8. The number of nitrogens with zero attached hydrogens (tertiary/aromatic N) is 2. The Morgan fingerprint density at radius 2 is 2.22 bits per heavy atom. The molecule has 1 aliphatic rings. The first-order valence-corrected chi connectivity index (χ1v) is 6.49. The number of amides is 2. The van der Waals surface area contributed by atoms with Crippen molar-refractivity contribution in [2.24, 2.45) is 5.73 Å². The van der Waals surface area contributed by atoms with Gasteiger partial charge in [-0.15, -0.1) is 0 Å². The van der Waals surface area contributed by atoms with Crippen molar-refractivity contribution in [1.29, 1.82) is 0 Å². The molecule has 0 aromatic heterocycles. The number of hydrogen-bond acceptors (Lipinski definition) is 4. The summed E-state index contributed by atoms with van der Waals surface area (Å²) < 4.78 is 0. The Morgan fingerprint density at radius 1 is 1.50 bits per heavy atom. The second kappa shape index (κ2) is 7.33. The van der Waals surface area contributed by atoms with Crippen molar-refractivity contribution in [1.82, 2.24) is 15.1 Å². The van der Waals surface area contributed by atoms with Crippen molar-refractivity contribution in [3.8, 4) is 0 Å². The average molecular weight is 256 g/mol. The number of carbonyl (C=O) groups is 2. The van der Waals surface area contributed by atoms with Crippen molar-refractivity contribution < 1.29 is 9.59 Å². The second-order valence-corrected chi connectivity index (χ2v) is 4.70. The first kappa shape index (κ1) is 14.9. The monoisotopic (exact) mass is 256 g/mol. The molecule has 1 aliphatic heterocycles. The van der Waals surface area contributed by atoms with Crippen LogP contribution in [0, 0.1) is 0 Å². The molecule has 0 radical (unpaired) electrons. The van der Waals surface area contributed by atoms with Crippen LogP contribution < -0.4 is 11.1 Å². The third-order valence-electron chi connectivity index (χ3n) is 3.37. The van der Waals surface area contributed by atoms with Crippen molar-refractivity contribution in [2.45, 2.75) is 25.3 Å². The van der Waals surface area contributed by atoms with E-state index in [9.17, 15) is 9.59 Å². The summed E-state index contributed by atoms with van der Waals surface area (Å²) >= 11 is 0. The van der Waals surface area contributed by atoms with Gasteiger partial charge in [0.1, 0.15) is 0 Å². The SMILES string of the molecule is CNC(=O)C1CCCN1CC(=O)N(C)CCCN. The van der Waals surface area contributed by atoms with E-state index in [-0.39, 0.29) is 17.9 Å². The van der Waals surface area contributed by atoms with Gasteiger partial charge in [0.25, 0.3) is 0 Å². The molecule has 6 nitrogen and oxygen atoms in total. The summed E-state index contributed by atoms with van der Waals surface area (Å²) in [5, 5.41) is 2.65. The number of hydrogen-bond donors (Lipinski definition) is 2. The van der Waals surface area contributed by atoms with Crippen LogP contribution in [0.25, 0.3) is 0 Å². The molecule has 0 aromatic carbocycles. The van der Waals surface area contributed by atoms with E-state index in [0.29, 0.717) is 19.6 Å². The van der Waals surface area contributed by atoms with Crippen molar-refractivity contribution in [3.63, 3.8) is 0 Å². The zero-order valence-corrected chi connectivity index (χ0v) is 11.3. The number of nitrogens with one attached hydrogen (secondary N) is 1. The largest absolute Gasteiger partial charge is 0.358 e. The maximum Gasteiger partial charge on any atom is 0.237 e. The van der Waals surface area contributed by atoms with E-state index in [0.717, 1.165) is 25.8 Å². The highest BCUT2D eigenvalue weighted by atomic mass is 16.2. The minimum atomic E-state index is -0.151. The fourth-order valence-corrected chi connectivity index (χ4v) is 2.23. The Kier molecular flexibility index (Phi) is 6.07. The highest BCUT2D eigenvalue weighted by Gasteiger charge is 2.31. The molecule has 1 heterocycles. The van der Waals surface area contributed by atoms with E-state index in [1.54, 1.807) is 19.0 Å². The topological polar surface area (TPSA) is 78.7 Å². The van der Waals surface area contributed by atoms with Gasteiger partial charge in [0, 0.05) is 20.6 Å². The van der Waals surface area contributed by atoms with Gasteiger partial charge in [-0.3, -0.25) is 14.5 Å². The molecule has 0 saturated carbocycles. The van der Waals surface area contributed by atoms with Crippen LogP contribution in [-0.4, -0.2) is 67.9 Å². The second-order valence-electron chi connectivity index (χ2n) is 4.70. The third kappa shape index (κ3) is 3.96. The predicted molar refractivity (Wildman–Crippen MR) is 70.0 cm³/mol. The van der Waals surface area contributed by atoms with Gasteiger partial charge in [0.15, 0.2) is 0 Å². The fourth-order valence-electron chi connectivity index (χ4n) is 2.23. The number of carbonyl (C=O) groups excluding carboxylic acids is 2. The number of likely N-dealkylation sites (tertiary alicyclic amines) is 1. The van der Waals surface area contributed by atoms with Crippen LogP contribution in [0.1, 0.15) is 19.3 Å². The third-order valence-corrected chi connectivity index (χ3v) is 3.37. The van der Waals surface area contributed by atoms with Crippen LogP contribution in [0.15, 0.2) is 0 Å². The van der Waals surface area contributed by atoms with Crippen molar-refractivity contribution in [3.05, 3.63) is 0 Å². The van der Waals surface area contributed by atoms with Crippen LogP contribution >= 0.6 is 0 Å². The molecular weight excluding hydrogens is 232 g/mol. The molecule has 1 atom stereocenters. The van der Waals surface area contributed by atoms with Gasteiger partial charge in [0.05, 0.1) is 12.6 Å². The molecule has 3 N–H and O–H groups in total. The number of rotatable bonds is 6. The Labute approximate surface area is 108 Å². The molecule has 1 saturated heterocycles. The molecule has 6 heteroatoms. The Hall–Kier alpha value is -1.14. The average Bonchev–Trinajstić information content (AvgIpc) is 2.82. The highest BCUT2D eigenvalue weighted by molar-refractivity contribution is 5.83. The minimum absolute atomic E-state index is 0.00455. The quantitative estimate of drug-likeness (QED) is 0.639. The lowest BCUT2D eigenvalue weighted by Gasteiger charge is -2.25. The van der Waals surface area contributed by atoms with E-state index < -0.39 is 0 Å². The lowest BCUT2D eigenvalue weighted by Crippen LogP contribution is -2.46. The van der Waals surface area contributed by atoms with Crippen LogP contribution in [0.2, 0.25) is 0 Å². The maximum absolute atomic E-state index is 12.0. The molecule has 2 amide bonds. The first-order chi connectivity index (χ1) is 8.60. The summed E-state index contributed by atoms with van der Waals surface area (Å²) in [6.07, 6.45) is 2.61. The lowest BCUT2D eigenvalue weighted by atomic mass is 10.2. The maximum atomic E-state index is 12.0. The number of nitrogens with two attached hydrogens (primary N) is 1. The van der Waals surface area contributed by atoms with Gasteiger partial charge in [-0.25, -0.2) is 0 Å². The van der Waals surface area contributed by atoms with Crippen molar-refractivity contribution in [2.75, 3.05) is 40.3 Å².